The van der Waals surface area contributed by atoms with Gasteiger partial charge in [0.1, 0.15) is 22.8 Å². The minimum absolute atomic E-state index is 0.0529. The molecule has 3 saturated heterocycles. The normalized spacial score (nSPS) is 24.5. The SMILES string of the molecule is COC1OC(C)(C)c2nc(Nc3ncc(-c4nc(C56CCN(CC5)CC6)no4)c(N[C@H](CO)c4ccccc4)n3)ccc21. The Bertz CT molecular complexity index is 1590. The zero-order valence-electron chi connectivity index (χ0n) is 24.6. The van der Waals surface area contributed by atoms with Crippen LogP contribution in [-0.2, 0) is 20.5 Å². The highest BCUT2D eigenvalue weighted by Gasteiger charge is 2.44. The van der Waals surface area contributed by atoms with Gasteiger partial charge in [0.2, 0.25) is 5.95 Å². The summed E-state index contributed by atoms with van der Waals surface area (Å²) in [5, 5.41) is 21.4. The number of pyridine rings is 1. The van der Waals surface area contributed by atoms with E-state index in [1.165, 1.54) is 0 Å². The summed E-state index contributed by atoms with van der Waals surface area (Å²) in [6, 6.07) is 13.1. The number of aliphatic hydroxyl groups is 1. The summed E-state index contributed by atoms with van der Waals surface area (Å²) in [4.78, 5) is 21.6. The van der Waals surface area contributed by atoms with Gasteiger partial charge in [-0.2, -0.15) is 9.97 Å². The number of hydrogen-bond acceptors (Lipinski definition) is 12. The van der Waals surface area contributed by atoms with Crippen molar-refractivity contribution in [3.63, 3.8) is 0 Å². The lowest BCUT2D eigenvalue weighted by molar-refractivity contribution is -0.175. The number of nitrogens with one attached hydrogen (secondary N) is 2. The summed E-state index contributed by atoms with van der Waals surface area (Å²) in [7, 11) is 1.62. The van der Waals surface area contributed by atoms with Crippen LogP contribution in [0.4, 0.5) is 17.6 Å². The Hall–Kier alpha value is -3.97. The summed E-state index contributed by atoms with van der Waals surface area (Å²) in [5.74, 6) is 2.43. The number of ether oxygens (including phenoxy) is 2. The molecule has 43 heavy (non-hydrogen) atoms. The minimum Gasteiger partial charge on any atom is -0.394 e. The fourth-order valence-electron chi connectivity index (χ4n) is 6.39. The zero-order valence-corrected chi connectivity index (χ0v) is 24.6. The van der Waals surface area contributed by atoms with Crippen LogP contribution in [0.15, 0.2) is 53.2 Å². The molecule has 0 radical (unpaired) electrons. The Labute approximate surface area is 249 Å². The van der Waals surface area contributed by atoms with Crippen molar-refractivity contribution in [3.8, 4) is 11.5 Å². The molecule has 0 aliphatic carbocycles. The second-order valence-electron chi connectivity index (χ2n) is 12.0. The second kappa shape index (κ2) is 10.9. The monoisotopic (exact) mass is 584 g/mol. The highest BCUT2D eigenvalue weighted by atomic mass is 16.7. The lowest BCUT2D eigenvalue weighted by atomic mass is 9.71. The van der Waals surface area contributed by atoms with Gasteiger partial charge in [0.05, 0.1) is 18.3 Å². The molecule has 3 N–H and O–H groups in total. The van der Waals surface area contributed by atoms with Crippen LogP contribution in [0.5, 0.6) is 0 Å². The van der Waals surface area contributed by atoms with E-state index in [4.69, 9.17) is 28.9 Å². The Morgan fingerprint density at radius 2 is 1.81 bits per heavy atom. The molecule has 4 aliphatic heterocycles. The Morgan fingerprint density at radius 1 is 1.05 bits per heavy atom. The summed E-state index contributed by atoms with van der Waals surface area (Å²) in [5.41, 5.74) is 2.49. The van der Waals surface area contributed by atoms with Crippen molar-refractivity contribution in [1.82, 2.24) is 30.0 Å². The van der Waals surface area contributed by atoms with E-state index >= 15 is 0 Å². The van der Waals surface area contributed by atoms with Crippen molar-refractivity contribution >= 4 is 17.6 Å². The predicted octanol–water partition coefficient (Wildman–Crippen LogP) is 4.46. The van der Waals surface area contributed by atoms with Gasteiger partial charge in [-0.05, 0) is 70.4 Å². The van der Waals surface area contributed by atoms with Crippen LogP contribution < -0.4 is 10.6 Å². The first kappa shape index (κ1) is 27.8. The Balaban J connectivity index is 1.23. The molecule has 224 valence electrons. The average Bonchev–Trinajstić information content (AvgIpc) is 3.64. The summed E-state index contributed by atoms with van der Waals surface area (Å²) < 4.78 is 17.3. The van der Waals surface area contributed by atoms with Crippen LogP contribution >= 0.6 is 0 Å². The van der Waals surface area contributed by atoms with Crippen LogP contribution in [-0.4, -0.2) is 68.4 Å². The maximum Gasteiger partial charge on any atom is 0.263 e. The number of benzene rings is 1. The number of aromatic nitrogens is 5. The number of anilines is 3. The standard InChI is InChI=1S/C31H36N8O4/c1-30(2)24-20(27(41-3)42-30)9-10-23(34-24)35-29-32-17-21(25(36-29)33-22(18-40)19-7-5-4-6-8-19)26-37-28(38-43-26)31-11-14-39(15-12-31)16-13-31/h4-10,17,22,27,40H,11-16,18H2,1-3H3,(H2,32,33,34,35,36)/t22-,27?/m1/s1. The number of nitrogens with zero attached hydrogens (tertiary/aromatic N) is 6. The molecule has 1 unspecified atom stereocenters. The molecule has 3 aromatic heterocycles. The Morgan fingerprint density at radius 3 is 2.53 bits per heavy atom. The maximum absolute atomic E-state index is 10.3. The largest absolute Gasteiger partial charge is 0.394 e. The van der Waals surface area contributed by atoms with Crippen LogP contribution in [0.1, 0.15) is 68.1 Å². The Kier molecular flexibility index (Phi) is 7.08. The fraction of sp³-hybridized carbons (Fsp3) is 0.452. The van der Waals surface area contributed by atoms with E-state index in [0.29, 0.717) is 29.0 Å². The van der Waals surface area contributed by atoms with Gasteiger partial charge in [-0.15, -0.1) is 0 Å². The molecule has 12 heteroatoms. The highest BCUT2D eigenvalue weighted by Crippen LogP contribution is 2.44. The van der Waals surface area contributed by atoms with Crippen molar-refractivity contribution in [2.45, 2.75) is 56.5 Å². The van der Waals surface area contributed by atoms with E-state index < -0.39 is 17.9 Å². The molecule has 0 spiro atoms. The zero-order chi connectivity index (χ0) is 29.6. The minimum atomic E-state index is -0.612. The maximum atomic E-state index is 10.3. The first-order valence-corrected chi connectivity index (χ1v) is 14.7. The molecule has 8 rings (SSSR count). The summed E-state index contributed by atoms with van der Waals surface area (Å²) >= 11 is 0. The molecular weight excluding hydrogens is 548 g/mol. The van der Waals surface area contributed by atoms with E-state index in [1.54, 1.807) is 13.3 Å². The van der Waals surface area contributed by atoms with E-state index in [1.807, 2.05) is 56.3 Å². The molecule has 0 amide bonds. The molecule has 2 bridgehead atoms. The topological polar surface area (TPSA) is 144 Å². The van der Waals surface area contributed by atoms with Gasteiger partial charge in [0.25, 0.3) is 5.89 Å². The molecular formula is C31H36N8O4. The number of rotatable bonds is 9. The van der Waals surface area contributed by atoms with Crippen molar-refractivity contribution in [1.29, 1.82) is 0 Å². The van der Waals surface area contributed by atoms with Crippen LogP contribution in [0.3, 0.4) is 0 Å². The number of piperidine rings is 3. The average molecular weight is 585 g/mol. The fourth-order valence-corrected chi connectivity index (χ4v) is 6.39. The number of hydrogen-bond donors (Lipinski definition) is 3. The van der Waals surface area contributed by atoms with Crippen molar-refractivity contribution in [3.05, 3.63) is 71.3 Å². The van der Waals surface area contributed by atoms with Crippen LogP contribution in [0, 0.1) is 0 Å². The van der Waals surface area contributed by atoms with Gasteiger partial charge >= 0.3 is 0 Å². The predicted molar refractivity (Wildman–Crippen MR) is 159 cm³/mol. The quantitative estimate of drug-likeness (QED) is 0.256. The molecule has 2 atom stereocenters. The number of methoxy groups -OCH3 is 1. The second-order valence-corrected chi connectivity index (χ2v) is 12.0. The van der Waals surface area contributed by atoms with Gasteiger partial charge in [0.15, 0.2) is 12.1 Å². The van der Waals surface area contributed by atoms with Gasteiger partial charge in [-0.25, -0.2) is 9.97 Å². The molecule has 1 aromatic carbocycles. The summed E-state index contributed by atoms with van der Waals surface area (Å²) in [6.45, 7) is 6.95. The van der Waals surface area contributed by atoms with E-state index in [-0.39, 0.29) is 12.0 Å². The molecule has 3 fully saturated rings. The molecule has 7 heterocycles. The lowest BCUT2D eigenvalue weighted by Crippen LogP contribution is -2.51. The number of fused-ring (bicyclic) bond motifs is 4. The lowest BCUT2D eigenvalue weighted by Gasteiger charge is -2.46. The van der Waals surface area contributed by atoms with E-state index in [9.17, 15) is 5.11 Å². The molecule has 0 saturated carbocycles. The van der Waals surface area contributed by atoms with Gasteiger partial charge in [-0.3, -0.25) is 0 Å². The molecule has 12 nitrogen and oxygen atoms in total. The third-order valence-corrected chi connectivity index (χ3v) is 8.94. The van der Waals surface area contributed by atoms with E-state index in [2.05, 4.69) is 25.7 Å². The molecule has 4 aromatic rings. The first-order valence-electron chi connectivity index (χ1n) is 14.7. The van der Waals surface area contributed by atoms with Crippen molar-refractivity contribution in [2.75, 3.05) is 44.0 Å². The van der Waals surface area contributed by atoms with Gasteiger partial charge < -0.3 is 34.6 Å². The van der Waals surface area contributed by atoms with Crippen LogP contribution in [0.2, 0.25) is 0 Å². The van der Waals surface area contributed by atoms with E-state index in [0.717, 1.165) is 61.5 Å². The first-order chi connectivity index (χ1) is 20.9. The smallest absolute Gasteiger partial charge is 0.263 e. The third kappa shape index (κ3) is 5.14. The van der Waals surface area contributed by atoms with Gasteiger partial charge in [0, 0.05) is 24.3 Å². The van der Waals surface area contributed by atoms with Crippen molar-refractivity contribution < 1.29 is 19.1 Å². The number of aliphatic hydroxyl groups excluding tert-OH is 1. The molecule has 4 aliphatic rings. The highest BCUT2D eigenvalue weighted by molar-refractivity contribution is 5.70. The van der Waals surface area contributed by atoms with Gasteiger partial charge in [-0.1, -0.05) is 35.5 Å². The van der Waals surface area contributed by atoms with Crippen molar-refractivity contribution in [2.24, 2.45) is 0 Å². The summed E-state index contributed by atoms with van der Waals surface area (Å²) in [6.07, 6.45) is 4.27. The third-order valence-electron chi connectivity index (χ3n) is 8.94. The van der Waals surface area contributed by atoms with Crippen LogP contribution in [0.25, 0.3) is 11.5 Å².